The third-order valence-corrected chi connectivity index (χ3v) is 3.67. The van der Waals surface area contributed by atoms with Crippen molar-refractivity contribution in [1.82, 2.24) is 0 Å². The Morgan fingerprint density at radius 1 is 1.00 bits per heavy atom. The van der Waals surface area contributed by atoms with Crippen LogP contribution in [0.2, 0.25) is 0 Å². The fourth-order valence-corrected chi connectivity index (χ4v) is 2.26. The Kier molecular flexibility index (Phi) is 13.8. The summed E-state index contributed by atoms with van der Waals surface area (Å²) in [5, 5.41) is 9.39. The summed E-state index contributed by atoms with van der Waals surface area (Å²) in [6, 6.07) is 0.165. The largest absolute Gasteiger partial charge is 0.396 e. The summed E-state index contributed by atoms with van der Waals surface area (Å²) in [4.78, 5) is 0. The van der Waals surface area contributed by atoms with Crippen LogP contribution in [0.4, 0.5) is 0 Å². The van der Waals surface area contributed by atoms with E-state index in [0.717, 1.165) is 45.1 Å². The molecule has 0 saturated heterocycles. The highest BCUT2D eigenvalue weighted by Crippen LogP contribution is 2.16. The highest BCUT2D eigenvalue weighted by atomic mass is 16.3. The average molecular weight is 270 g/mol. The van der Waals surface area contributed by atoms with Crippen molar-refractivity contribution in [2.24, 2.45) is 17.4 Å². The lowest BCUT2D eigenvalue weighted by atomic mass is 9.91. The fraction of sp³-hybridized carbons (Fsp3) is 0.875. The SMILES string of the molecule is CCCCC(N)C(CO)CCCC=CCCCCN. The van der Waals surface area contributed by atoms with Gasteiger partial charge in [0, 0.05) is 12.6 Å². The van der Waals surface area contributed by atoms with Crippen molar-refractivity contribution >= 4 is 0 Å². The molecule has 0 aliphatic heterocycles. The Hall–Kier alpha value is -0.380. The van der Waals surface area contributed by atoms with Crippen LogP contribution in [-0.4, -0.2) is 24.3 Å². The molecule has 0 bridgehead atoms. The maximum atomic E-state index is 9.39. The molecule has 5 N–H and O–H groups in total. The summed E-state index contributed by atoms with van der Waals surface area (Å²) < 4.78 is 0. The van der Waals surface area contributed by atoms with E-state index in [1.807, 2.05) is 0 Å². The number of hydrogen-bond donors (Lipinski definition) is 3. The van der Waals surface area contributed by atoms with E-state index in [2.05, 4.69) is 19.1 Å². The van der Waals surface area contributed by atoms with Crippen molar-refractivity contribution in [2.75, 3.05) is 13.2 Å². The van der Waals surface area contributed by atoms with Crippen LogP contribution in [0.1, 0.15) is 64.7 Å². The van der Waals surface area contributed by atoms with Gasteiger partial charge < -0.3 is 16.6 Å². The van der Waals surface area contributed by atoms with E-state index < -0.39 is 0 Å². The van der Waals surface area contributed by atoms with Gasteiger partial charge in [-0.2, -0.15) is 0 Å². The molecule has 114 valence electrons. The number of aliphatic hydroxyl groups excluding tert-OH is 1. The van der Waals surface area contributed by atoms with Crippen molar-refractivity contribution < 1.29 is 5.11 Å². The minimum Gasteiger partial charge on any atom is -0.396 e. The molecule has 0 spiro atoms. The molecule has 0 saturated carbocycles. The van der Waals surface area contributed by atoms with E-state index in [1.54, 1.807) is 0 Å². The van der Waals surface area contributed by atoms with E-state index in [9.17, 15) is 5.11 Å². The minimum absolute atomic E-state index is 0.165. The van der Waals surface area contributed by atoms with Gasteiger partial charge in [-0.05, 0) is 57.4 Å². The number of nitrogens with two attached hydrogens (primary N) is 2. The number of unbranched alkanes of at least 4 members (excludes halogenated alkanes) is 4. The quantitative estimate of drug-likeness (QED) is 0.356. The average Bonchev–Trinajstić information content (AvgIpc) is 2.43. The van der Waals surface area contributed by atoms with Gasteiger partial charge in [0.25, 0.3) is 0 Å². The molecule has 0 aromatic rings. The second kappa shape index (κ2) is 14.0. The standard InChI is InChI=1S/C16H34N2O/c1-2-3-12-16(18)15(14-19)11-9-7-5-4-6-8-10-13-17/h4-5,15-16,19H,2-3,6-14,17-18H2,1H3. The molecule has 0 aromatic carbocycles. The van der Waals surface area contributed by atoms with Gasteiger partial charge in [-0.25, -0.2) is 0 Å². The molecule has 3 heteroatoms. The van der Waals surface area contributed by atoms with Gasteiger partial charge in [-0.15, -0.1) is 0 Å². The van der Waals surface area contributed by atoms with E-state index in [4.69, 9.17) is 11.5 Å². The van der Waals surface area contributed by atoms with Crippen molar-refractivity contribution in [3.63, 3.8) is 0 Å². The summed E-state index contributed by atoms with van der Waals surface area (Å²) in [5.41, 5.74) is 11.6. The van der Waals surface area contributed by atoms with Crippen LogP contribution in [0.15, 0.2) is 12.2 Å². The van der Waals surface area contributed by atoms with Gasteiger partial charge >= 0.3 is 0 Å². The maximum absolute atomic E-state index is 9.39. The van der Waals surface area contributed by atoms with Gasteiger partial charge in [0.2, 0.25) is 0 Å². The number of allylic oxidation sites excluding steroid dienone is 2. The van der Waals surface area contributed by atoms with Crippen LogP contribution in [0.5, 0.6) is 0 Å². The first kappa shape index (κ1) is 18.6. The third-order valence-electron chi connectivity index (χ3n) is 3.67. The molecule has 3 nitrogen and oxygen atoms in total. The first-order chi connectivity index (χ1) is 9.26. The third kappa shape index (κ3) is 11.2. The molecule has 2 atom stereocenters. The van der Waals surface area contributed by atoms with Crippen molar-refractivity contribution in [3.05, 3.63) is 12.2 Å². The lowest BCUT2D eigenvalue weighted by molar-refractivity contribution is 0.189. The molecular weight excluding hydrogens is 236 g/mol. The first-order valence-corrected chi connectivity index (χ1v) is 7.97. The predicted octanol–water partition coefficient (Wildman–Crippen LogP) is 2.97. The van der Waals surface area contributed by atoms with Crippen LogP contribution in [0, 0.1) is 5.92 Å². The molecule has 0 aliphatic carbocycles. The Balaban J connectivity index is 3.60. The van der Waals surface area contributed by atoms with Gasteiger partial charge in [0.1, 0.15) is 0 Å². The Morgan fingerprint density at radius 3 is 2.26 bits per heavy atom. The second-order valence-corrected chi connectivity index (χ2v) is 5.44. The smallest absolute Gasteiger partial charge is 0.0474 e. The van der Waals surface area contributed by atoms with Crippen LogP contribution in [0.3, 0.4) is 0 Å². The molecule has 2 unspecified atom stereocenters. The summed E-state index contributed by atoms with van der Waals surface area (Å²) in [6.45, 7) is 3.20. The summed E-state index contributed by atoms with van der Waals surface area (Å²) in [7, 11) is 0. The molecule has 19 heavy (non-hydrogen) atoms. The van der Waals surface area contributed by atoms with Crippen LogP contribution in [0.25, 0.3) is 0 Å². The van der Waals surface area contributed by atoms with E-state index in [0.29, 0.717) is 0 Å². The number of aliphatic hydroxyl groups is 1. The molecule has 0 fully saturated rings. The number of hydrogen-bond acceptors (Lipinski definition) is 3. The van der Waals surface area contributed by atoms with E-state index >= 15 is 0 Å². The zero-order valence-electron chi connectivity index (χ0n) is 12.7. The Labute approximate surface area is 119 Å². The highest BCUT2D eigenvalue weighted by molar-refractivity contribution is 4.82. The van der Waals surface area contributed by atoms with Gasteiger partial charge in [0.05, 0.1) is 0 Å². The molecule has 0 rings (SSSR count). The summed E-state index contributed by atoms with van der Waals surface area (Å²) >= 11 is 0. The zero-order valence-corrected chi connectivity index (χ0v) is 12.7. The van der Waals surface area contributed by atoms with E-state index in [1.165, 1.54) is 19.3 Å². The normalized spacial score (nSPS) is 14.9. The highest BCUT2D eigenvalue weighted by Gasteiger charge is 2.15. The fourth-order valence-electron chi connectivity index (χ4n) is 2.26. The van der Waals surface area contributed by atoms with Crippen LogP contribution in [-0.2, 0) is 0 Å². The van der Waals surface area contributed by atoms with Crippen molar-refractivity contribution in [1.29, 1.82) is 0 Å². The zero-order chi connectivity index (χ0) is 14.3. The lowest BCUT2D eigenvalue weighted by Gasteiger charge is -2.21. The maximum Gasteiger partial charge on any atom is 0.0474 e. The first-order valence-electron chi connectivity index (χ1n) is 7.97. The van der Waals surface area contributed by atoms with Gasteiger partial charge in [-0.1, -0.05) is 31.9 Å². The minimum atomic E-state index is 0.165. The molecular formula is C16H34N2O. The number of rotatable bonds is 13. The monoisotopic (exact) mass is 270 g/mol. The van der Waals surface area contributed by atoms with Crippen molar-refractivity contribution in [2.45, 2.75) is 70.8 Å². The second-order valence-electron chi connectivity index (χ2n) is 5.44. The molecule has 0 aromatic heterocycles. The van der Waals surface area contributed by atoms with E-state index in [-0.39, 0.29) is 18.6 Å². The molecule has 0 aliphatic rings. The van der Waals surface area contributed by atoms with Gasteiger partial charge in [0.15, 0.2) is 0 Å². The topological polar surface area (TPSA) is 72.3 Å². The van der Waals surface area contributed by atoms with Crippen LogP contribution >= 0.6 is 0 Å². The lowest BCUT2D eigenvalue weighted by Crippen LogP contribution is -2.32. The predicted molar refractivity (Wildman–Crippen MR) is 84.0 cm³/mol. The Bertz CT molecular complexity index is 207. The van der Waals surface area contributed by atoms with Gasteiger partial charge in [-0.3, -0.25) is 0 Å². The van der Waals surface area contributed by atoms with Crippen LogP contribution < -0.4 is 11.5 Å². The Morgan fingerprint density at radius 2 is 1.68 bits per heavy atom. The van der Waals surface area contributed by atoms with Crippen molar-refractivity contribution in [3.8, 4) is 0 Å². The summed E-state index contributed by atoms with van der Waals surface area (Å²) in [6.07, 6.45) is 14.6. The summed E-state index contributed by atoms with van der Waals surface area (Å²) in [5.74, 6) is 0.275. The molecule has 0 heterocycles. The molecule has 0 amide bonds. The molecule has 0 radical (unpaired) electrons.